The van der Waals surface area contributed by atoms with Crippen molar-refractivity contribution in [2.24, 2.45) is 0 Å². The second-order valence-corrected chi connectivity index (χ2v) is 7.83. The van der Waals surface area contributed by atoms with Crippen LogP contribution in [0, 0.1) is 10.1 Å². The third-order valence-electron chi connectivity index (χ3n) is 6.03. The van der Waals surface area contributed by atoms with Crippen LogP contribution < -0.4 is 9.47 Å². The number of aromatic amines is 1. The van der Waals surface area contributed by atoms with Crippen LogP contribution in [0.15, 0.2) is 66.7 Å². The normalized spacial score (nSPS) is 15.0. The first-order valence-electron chi connectivity index (χ1n) is 10.4. The first kappa shape index (κ1) is 20.6. The molecule has 1 N–H and O–H groups in total. The molecule has 1 aliphatic rings. The molecule has 0 saturated heterocycles. The number of ether oxygens (including phenoxy) is 2. The minimum Gasteiger partial charge on any atom is -0.493 e. The number of H-pyrrole nitrogens is 1. The van der Waals surface area contributed by atoms with Crippen molar-refractivity contribution in [3.8, 4) is 11.5 Å². The molecular weight excluding hydrogens is 422 g/mol. The number of nitrogens with one attached hydrogen (secondary N) is 1. The molecule has 0 spiro atoms. The van der Waals surface area contributed by atoms with E-state index in [0.29, 0.717) is 23.7 Å². The molecule has 5 rings (SSSR count). The molecule has 33 heavy (non-hydrogen) atoms. The number of para-hydroxylation sites is 1. The van der Waals surface area contributed by atoms with Gasteiger partial charge in [-0.2, -0.15) is 0 Å². The molecule has 1 aromatic heterocycles. The van der Waals surface area contributed by atoms with E-state index in [9.17, 15) is 14.9 Å². The Hall–Kier alpha value is -4.33. The number of amides is 1. The highest BCUT2D eigenvalue weighted by Crippen LogP contribution is 2.45. The molecule has 0 bridgehead atoms. The van der Waals surface area contributed by atoms with E-state index in [0.717, 1.165) is 27.6 Å². The van der Waals surface area contributed by atoms with Gasteiger partial charge in [-0.05, 0) is 29.3 Å². The zero-order chi connectivity index (χ0) is 23.1. The van der Waals surface area contributed by atoms with Gasteiger partial charge in [-0.1, -0.05) is 36.4 Å². The molecule has 1 unspecified atom stereocenters. The molecule has 3 aromatic carbocycles. The fourth-order valence-electron chi connectivity index (χ4n) is 4.49. The molecule has 0 radical (unpaired) electrons. The predicted molar refractivity (Wildman–Crippen MR) is 123 cm³/mol. The number of non-ortho nitro benzene ring substituents is 1. The summed E-state index contributed by atoms with van der Waals surface area (Å²) in [5.41, 5.74) is 4.05. The van der Waals surface area contributed by atoms with Gasteiger partial charge in [0.25, 0.3) is 11.6 Å². The van der Waals surface area contributed by atoms with E-state index in [1.807, 2.05) is 42.5 Å². The molecule has 8 nitrogen and oxygen atoms in total. The largest absolute Gasteiger partial charge is 0.493 e. The molecule has 1 aliphatic heterocycles. The Bertz CT molecular complexity index is 1380. The lowest BCUT2D eigenvalue weighted by molar-refractivity contribution is -0.384. The van der Waals surface area contributed by atoms with Crippen LogP contribution in [0.3, 0.4) is 0 Å². The van der Waals surface area contributed by atoms with Gasteiger partial charge in [0.15, 0.2) is 11.5 Å². The minimum atomic E-state index is -0.436. The number of carbonyl (C=O) groups is 1. The van der Waals surface area contributed by atoms with Crippen LogP contribution in [0.1, 0.15) is 33.2 Å². The smallest absolute Gasteiger partial charge is 0.271 e. The van der Waals surface area contributed by atoms with E-state index in [1.54, 1.807) is 31.3 Å². The summed E-state index contributed by atoms with van der Waals surface area (Å²) in [7, 11) is 3.16. The van der Waals surface area contributed by atoms with Crippen molar-refractivity contribution in [3.05, 3.63) is 99.2 Å². The zero-order valence-corrected chi connectivity index (χ0v) is 18.1. The van der Waals surface area contributed by atoms with E-state index < -0.39 is 4.92 Å². The second-order valence-electron chi connectivity index (χ2n) is 7.83. The average Bonchev–Trinajstić information content (AvgIpc) is 3.34. The number of carbonyl (C=O) groups excluding carboxylic acids is 1. The van der Waals surface area contributed by atoms with Gasteiger partial charge in [-0.3, -0.25) is 14.9 Å². The summed E-state index contributed by atoms with van der Waals surface area (Å²) in [5.74, 6) is 1.05. The van der Waals surface area contributed by atoms with E-state index >= 15 is 0 Å². The fraction of sp³-hybridized carbons (Fsp3) is 0.160. The van der Waals surface area contributed by atoms with Crippen LogP contribution in [-0.2, 0) is 6.54 Å². The van der Waals surface area contributed by atoms with Gasteiger partial charge in [-0.15, -0.1) is 0 Å². The maximum Gasteiger partial charge on any atom is 0.271 e. The average molecular weight is 443 g/mol. The Morgan fingerprint density at radius 1 is 1.00 bits per heavy atom. The second kappa shape index (κ2) is 7.98. The third-order valence-corrected chi connectivity index (χ3v) is 6.03. The monoisotopic (exact) mass is 443 g/mol. The van der Waals surface area contributed by atoms with Gasteiger partial charge in [0.2, 0.25) is 0 Å². The summed E-state index contributed by atoms with van der Waals surface area (Å²) >= 11 is 0. The standard InChI is InChI=1S/C25H21N3O5/c1-32-20-12-9-16(13-21(20)33-2)24-22-18-5-3-4-6-19(18)26-23(22)25(29)27(24)14-15-7-10-17(11-8-15)28(30)31/h3-13,24,26H,14H2,1-2H3. The molecule has 0 aliphatic carbocycles. The number of aromatic nitrogens is 1. The Labute approximate surface area is 189 Å². The number of methoxy groups -OCH3 is 2. The van der Waals surface area contributed by atoms with Crippen molar-refractivity contribution in [2.75, 3.05) is 14.2 Å². The summed E-state index contributed by atoms with van der Waals surface area (Å²) in [6.45, 7) is 0.298. The number of benzene rings is 3. The summed E-state index contributed by atoms with van der Waals surface area (Å²) in [5, 5.41) is 12.0. The van der Waals surface area contributed by atoms with E-state index in [2.05, 4.69) is 4.98 Å². The Balaban J connectivity index is 1.63. The quantitative estimate of drug-likeness (QED) is 0.340. The summed E-state index contributed by atoms with van der Waals surface area (Å²) < 4.78 is 10.9. The summed E-state index contributed by atoms with van der Waals surface area (Å²) in [6.07, 6.45) is 0. The molecule has 4 aromatic rings. The Kier molecular flexibility index (Phi) is 4.97. The van der Waals surface area contributed by atoms with Crippen molar-refractivity contribution < 1.29 is 19.2 Å². The highest BCUT2D eigenvalue weighted by molar-refractivity contribution is 6.05. The van der Waals surface area contributed by atoms with Gasteiger partial charge in [0.05, 0.1) is 25.2 Å². The molecule has 1 amide bonds. The number of hydrogen-bond acceptors (Lipinski definition) is 5. The molecule has 1 atom stereocenters. The van der Waals surface area contributed by atoms with Crippen molar-refractivity contribution in [2.45, 2.75) is 12.6 Å². The topological polar surface area (TPSA) is 97.7 Å². The highest BCUT2D eigenvalue weighted by Gasteiger charge is 2.41. The summed E-state index contributed by atoms with van der Waals surface area (Å²) in [6, 6.07) is 19.4. The lowest BCUT2D eigenvalue weighted by Gasteiger charge is -2.27. The van der Waals surface area contributed by atoms with Crippen LogP contribution in [0.5, 0.6) is 11.5 Å². The zero-order valence-electron chi connectivity index (χ0n) is 18.1. The minimum absolute atomic E-state index is 0.0131. The number of nitrogens with zero attached hydrogens (tertiary/aromatic N) is 2. The van der Waals surface area contributed by atoms with Crippen molar-refractivity contribution in [1.82, 2.24) is 9.88 Å². The number of nitro groups is 1. The van der Waals surface area contributed by atoms with Gasteiger partial charge < -0.3 is 19.4 Å². The maximum absolute atomic E-state index is 13.5. The van der Waals surface area contributed by atoms with Crippen LogP contribution in [-0.4, -0.2) is 34.9 Å². The van der Waals surface area contributed by atoms with Gasteiger partial charge in [-0.25, -0.2) is 0 Å². The molecule has 2 heterocycles. The van der Waals surface area contributed by atoms with Crippen LogP contribution >= 0.6 is 0 Å². The lowest BCUT2D eigenvalue weighted by Crippen LogP contribution is -2.28. The van der Waals surface area contributed by atoms with E-state index in [1.165, 1.54) is 12.1 Å². The lowest BCUT2D eigenvalue weighted by atomic mass is 9.97. The number of fused-ring (bicyclic) bond motifs is 3. The molecular formula is C25H21N3O5. The SMILES string of the molecule is COc1ccc(C2c3c([nH]c4ccccc34)C(=O)N2Cc2ccc([N+](=O)[O-])cc2)cc1OC. The molecule has 0 saturated carbocycles. The van der Waals surface area contributed by atoms with E-state index in [-0.39, 0.29) is 17.6 Å². The first-order chi connectivity index (χ1) is 16.0. The van der Waals surface area contributed by atoms with Gasteiger partial charge >= 0.3 is 0 Å². The maximum atomic E-state index is 13.5. The Morgan fingerprint density at radius 3 is 2.42 bits per heavy atom. The van der Waals surface area contributed by atoms with Crippen LogP contribution in [0.25, 0.3) is 10.9 Å². The van der Waals surface area contributed by atoms with Crippen molar-refractivity contribution in [1.29, 1.82) is 0 Å². The third kappa shape index (κ3) is 3.36. The predicted octanol–water partition coefficient (Wildman–Crippen LogP) is 4.84. The van der Waals surface area contributed by atoms with Crippen LogP contribution in [0.4, 0.5) is 5.69 Å². The fourth-order valence-corrected chi connectivity index (χ4v) is 4.49. The van der Waals surface area contributed by atoms with Crippen molar-refractivity contribution >= 4 is 22.5 Å². The van der Waals surface area contributed by atoms with E-state index in [4.69, 9.17) is 9.47 Å². The van der Waals surface area contributed by atoms with Crippen molar-refractivity contribution in [3.63, 3.8) is 0 Å². The summed E-state index contributed by atoms with van der Waals surface area (Å²) in [4.78, 5) is 29.2. The molecule has 8 heteroatoms. The highest BCUT2D eigenvalue weighted by atomic mass is 16.6. The number of rotatable bonds is 6. The first-order valence-corrected chi connectivity index (χ1v) is 10.4. The van der Waals surface area contributed by atoms with Gasteiger partial charge in [0, 0.05) is 35.1 Å². The number of hydrogen-bond donors (Lipinski definition) is 1. The van der Waals surface area contributed by atoms with Crippen LogP contribution in [0.2, 0.25) is 0 Å². The number of nitro benzene ring substituents is 1. The Morgan fingerprint density at radius 2 is 1.73 bits per heavy atom. The molecule has 0 fully saturated rings. The van der Waals surface area contributed by atoms with Gasteiger partial charge in [0.1, 0.15) is 5.69 Å². The molecule has 166 valence electrons.